The number of hydrogen-bond acceptors (Lipinski definition) is 5. The van der Waals surface area contributed by atoms with E-state index in [4.69, 9.17) is 21.1 Å². The van der Waals surface area contributed by atoms with Crippen molar-refractivity contribution in [3.05, 3.63) is 69.7 Å². The van der Waals surface area contributed by atoms with Crippen LogP contribution in [0.1, 0.15) is 11.1 Å². The van der Waals surface area contributed by atoms with Crippen molar-refractivity contribution in [2.75, 3.05) is 7.11 Å². The van der Waals surface area contributed by atoms with Crippen molar-refractivity contribution in [1.82, 2.24) is 14.9 Å². The van der Waals surface area contributed by atoms with Crippen LogP contribution in [0.2, 0.25) is 5.02 Å². The lowest BCUT2D eigenvalue weighted by Gasteiger charge is -2.14. The average Bonchev–Trinajstić information content (AvgIpc) is 3.13. The van der Waals surface area contributed by atoms with Crippen molar-refractivity contribution in [3.63, 3.8) is 0 Å². The third-order valence-corrected chi connectivity index (χ3v) is 4.29. The Hall–Kier alpha value is -2.38. The normalized spacial score (nSPS) is 11.0. The first-order valence-electron chi connectivity index (χ1n) is 7.30. The molecule has 0 radical (unpaired) electrons. The summed E-state index contributed by atoms with van der Waals surface area (Å²) in [6.45, 7) is 0.336. The minimum atomic E-state index is 0.336. The molecule has 6 nitrogen and oxygen atoms in total. The first-order valence-corrected chi connectivity index (χ1v) is 8.47. The van der Waals surface area contributed by atoms with Gasteiger partial charge in [-0.25, -0.2) is 4.68 Å². The van der Waals surface area contributed by atoms with E-state index < -0.39 is 0 Å². The van der Waals surface area contributed by atoms with Crippen LogP contribution in [0, 0.1) is 0 Å². The first kappa shape index (κ1) is 17.4. The second kappa shape index (κ2) is 8.13. The fraction of sp³-hybridized carbons (Fsp3) is 0.118. The summed E-state index contributed by atoms with van der Waals surface area (Å²) in [7, 11) is 1.59. The molecule has 1 heterocycles. The average molecular weight is 422 g/mol. The Labute approximate surface area is 158 Å². The highest BCUT2D eigenvalue weighted by Gasteiger charge is 2.12. The van der Waals surface area contributed by atoms with E-state index in [1.165, 1.54) is 17.3 Å². The molecule has 0 amide bonds. The van der Waals surface area contributed by atoms with E-state index in [2.05, 4.69) is 31.2 Å². The molecule has 0 saturated heterocycles. The van der Waals surface area contributed by atoms with Gasteiger partial charge in [0.15, 0.2) is 11.5 Å². The fourth-order valence-corrected chi connectivity index (χ4v) is 2.87. The van der Waals surface area contributed by atoms with Gasteiger partial charge in [-0.1, -0.05) is 29.8 Å². The molecule has 2 aromatic carbocycles. The standard InChI is InChI=1S/C17H14BrClN4O2/c1-24-16-7-12(8-22-23-10-20-21-11-23)6-14(18)17(16)25-9-13-4-2-3-5-15(13)19/h2-8,10-11H,9H2,1H3/b22-8-. The van der Waals surface area contributed by atoms with Crippen LogP contribution in [0.5, 0.6) is 11.5 Å². The highest BCUT2D eigenvalue weighted by Crippen LogP contribution is 2.37. The van der Waals surface area contributed by atoms with Gasteiger partial charge in [0, 0.05) is 10.6 Å². The first-order chi connectivity index (χ1) is 12.2. The van der Waals surface area contributed by atoms with Crippen molar-refractivity contribution in [2.24, 2.45) is 5.10 Å². The molecule has 1 aromatic heterocycles. The molecule has 0 bridgehead atoms. The Morgan fingerprint density at radius 1 is 1.24 bits per heavy atom. The zero-order valence-electron chi connectivity index (χ0n) is 13.3. The Morgan fingerprint density at radius 3 is 2.72 bits per heavy atom. The predicted molar refractivity (Wildman–Crippen MR) is 99.5 cm³/mol. The zero-order valence-corrected chi connectivity index (χ0v) is 15.6. The van der Waals surface area contributed by atoms with E-state index in [0.29, 0.717) is 23.1 Å². The second-order valence-corrected chi connectivity index (χ2v) is 6.26. The van der Waals surface area contributed by atoms with Gasteiger partial charge in [-0.2, -0.15) is 5.10 Å². The number of aromatic nitrogens is 3. The Bertz CT molecular complexity index is 884. The molecular formula is C17H14BrClN4O2. The van der Waals surface area contributed by atoms with Gasteiger partial charge < -0.3 is 9.47 Å². The summed E-state index contributed by atoms with van der Waals surface area (Å²) in [5.41, 5.74) is 1.74. The minimum Gasteiger partial charge on any atom is -0.493 e. The molecule has 0 unspecified atom stereocenters. The SMILES string of the molecule is COc1cc(/C=N\n2cnnc2)cc(Br)c1OCc1ccccc1Cl. The van der Waals surface area contributed by atoms with Gasteiger partial charge in [0.2, 0.25) is 0 Å². The maximum absolute atomic E-state index is 6.17. The Balaban J connectivity index is 1.81. The van der Waals surface area contributed by atoms with E-state index in [9.17, 15) is 0 Å². The minimum absolute atomic E-state index is 0.336. The van der Waals surface area contributed by atoms with Crippen LogP contribution in [0.25, 0.3) is 0 Å². The summed E-state index contributed by atoms with van der Waals surface area (Å²) in [6, 6.07) is 11.3. The Morgan fingerprint density at radius 2 is 2.00 bits per heavy atom. The number of ether oxygens (including phenoxy) is 2. The number of rotatable bonds is 6. The van der Waals surface area contributed by atoms with Crippen molar-refractivity contribution < 1.29 is 9.47 Å². The van der Waals surface area contributed by atoms with Crippen molar-refractivity contribution in [2.45, 2.75) is 6.61 Å². The number of methoxy groups -OCH3 is 1. The number of nitrogens with zero attached hydrogens (tertiary/aromatic N) is 4. The summed E-state index contributed by atoms with van der Waals surface area (Å²) < 4.78 is 13.6. The summed E-state index contributed by atoms with van der Waals surface area (Å²) in [4.78, 5) is 0. The van der Waals surface area contributed by atoms with Crippen molar-refractivity contribution >= 4 is 33.7 Å². The lowest BCUT2D eigenvalue weighted by Crippen LogP contribution is -2.00. The summed E-state index contributed by atoms with van der Waals surface area (Å²) in [6.07, 6.45) is 4.68. The van der Waals surface area contributed by atoms with E-state index in [1.54, 1.807) is 13.3 Å². The molecule has 3 aromatic rings. The van der Waals surface area contributed by atoms with E-state index in [-0.39, 0.29) is 0 Å². The monoisotopic (exact) mass is 420 g/mol. The molecule has 0 N–H and O–H groups in total. The molecular weight excluding hydrogens is 408 g/mol. The van der Waals surface area contributed by atoms with Gasteiger partial charge >= 0.3 is 0 Å². The summed E-state index contributed by atoms with van der Waals surface area (Å²) in [5, 5.41) is 12.3. The zero-order chi connectivity index (χ0) is 17.6. The largest absolute Gasteiger partial charge is 0.493 e. The second-order valence-electron chi connectivity index (χ2n) is 5.00. The molecule has 0 fully saturated rings. The van der Waals surface area contributed by atoms with Gasteiger partial charge in [-0.3, -0.25) is 0 Å². The number of halogens is 2. The van der Waals surface area contributed by atoms with Crippen LogP contribution >= 0.6 is 27.5 Å². The van der Waals surface area contributed by atoms with Gasteiger partial charge in [-0.05, 0) is 39.7 Å². The summed E-state index contributed by atoms with van der Waals surface area (Å²) >= 11 is 9.68. The lowest BCUT2D eigenvalue weighted by atomic mass is 10.2. The smallest absolute Gasteiger partial charge is 0.175 e. The molecule has 0 atom stereocenters. The fourth-order valence-electron chi connectivity index (χ4n) is 2.11. The van der Waals surface area contributed by atoms with Gasteiger partial charge in [0.05, 0.1) is 17.8 Å². The highest BCUT2D eigenvalue weighted by molar-refractivity contribution is 9.10. The van der Waals surface area contributed by atoms with Crippen LogP contribution in [0.4, 0.5) is 0 Å². The number of benzene rings is 2. The topological polar surface area (TPSA) is 61.5 Å². The highest BCUT2D eigenvalue weighted by atomic mass is 79.9. The molecule has 0 aliphatic rings. The molecule has 0 saturated carbocycles. The van der Waals surface area contributed by atoms with E-state index >= 15 is 0 Å². The molecule has 0 spiro atoms. The third kappa shape index (κ3) is 4.37. The Kier molecular flexibility index (Phi) is 5.67. The van der Waals surface area contributed by atoms with Crippen LogP contribution < -0.4 is 9.47 Å². The lowest BCUT2D eigenvalue weighted by molar-refractivity contribution is 0.282. The van der Waals surface area contributed by atoms with E-state index in [0.717, 1.165) is 15.6 Å². The van der Waals surface area contributed by atoms with Gasteiger partial charge in [0.25, 0.3) is 0 Å². The third-order valence-electron chi connectivity index (χ3n) is 3.33. The van der Waals surface area contributed by atoms with Crippen LogP contribution in [0.3, 0.4) is 0 Å². The van der Waals surface area contributed by atoms with E-state index in [1.807, 2.05) is 36.4 Å². The molecule has 3 rings (SSSR count). The van der Waals surface area contributed by atoms with Crippen LogP contribution in [-0.4, -0.2) is 28.2 Å². The summed E-state index contributed by atoms with van der Waals surface area (Å²) in [5.74, 6) is 1.19. The van der Waals surface area contributed by atoms with Gasteiger partial charge in [0.1, 0.15) is 19.3 Å². The van der Waals surface area contributed by atoms with Crippen molar-refractivity contribution in [1.29, 1.82) is 0 Å². The predicted octanol–water partition coefficient (Wildman–Crippen LogP) is 4.16. The quantitative estimate of drug-likeness (QED) is 0.561. The molecule has 8 heteroatoms. The number of hydrogen-bond donors (Lipinski definition) is 0. The van der Waals surface area contributed by atoms with Crippen LogP contribution in [0.15, 0.2) is 58.6 Å². The molecule has 0 aliphatic carbocycles. The molecule has 25 heavy (non-hydrogen) atoms. The van der Waals surface area contributed by atoms with Gasteiger partial charge in [-0.15, -0.1) is 10.2 Å². The maximum Gasteiger partial charge on any atom is 0.175 e. The molecule has 128 valence electrons. The molecule has 0 aliphatic heterocycles. The van der Waals surface area contributed by atoms with Crippen LogP contribution in [-0.2, 0) is 6.61 Å². The maximum atomic E-state index is 6.17. The van der Waals surface area contributed by atoms with Crippen molar-refractivity contribution in [3.8, 4) is 11.5 Å².